The van der Waals surface area contributed by atoms with Gasteiger partial charge in [0.25, 0.3) is 0 Å². The fraction of sp³-hybridized carbons (Fsp3) is 0.263. The number of aromatic amines is 1. The van der Waals surface area contributed by atoms with Gasteiger partial charge in [-0.2, -0.15) is 0 Å². The van der Waals surface area contributed by atoms with Gasteiger partial charge in [0.1, 0.15) is 5.75 Å². The van der Waals surface area contributed by atoms with Crippen molar-refractivity contribution in [2.75, 3.05) is 11.1 Å². The molecule has 0 fully saturated rings. The minimum Gasteiger partial charge on any atom is -0.506 e. The lowest BCUT2D eigenvalue weighted by atomic mass is 10.2. The van der Waals surface area contributed by atoms with E-state index in [2.05, 4.69) is 15.3 Å². The second kappa shape index (κ2) is 8.58. The molecule has 0 aliphatic carbocycles. The summed E-state index contributed by atoms with van der Waals surface area (Å²) in [5.41, 5.74) is 2.52. The first kappa shape index (κ1) is 17.4. The van der Waals surface area contributed by atoms with Gasteiger partial charge in [-0.3, -0.25) is 4.79 Å². The number of unbranched alkanes of at least 4 members (excludes halogenated alkanes) is 2. The van der Waals surface area contributed by atoms with Gasteiger partial charge in [0.05, 0.1) is 16.7 Å². The van der Waals surface area contributed by atoms with E-state index in [1.54, 1.807) is 36.0 Å². The van der Waals surface area contributed by atoms with Crippen LogP contribution in [0.4, 0.5) is 5.69 Å². The maximum absolute atomic E-state index is 11.9. The first-order valence-electron chi connectivity index (χ1n) is 8.38. The summed E-state index contributed by atoms with van der Waals surface area (Å²) in [5, 5.41) is 13.3. The first-order chi connectivity index (χ1) is 12.2. The highest BCUT2D eigenvalue weighted by atomic mass is 32.2. The number of carbonyl (C=O) groups is 1. The Morgan fingerprint density at radius 2 is 1.88 bits per heavy atom. The molecule has 0 spiro atoms. The van der Waals surface area contributed by atoms with Gasteiger partial charge in [-0.15, -0.1) is 0 Å². The minimum absolute atomic E-state index is 0.0635. The highest BCUT2D eigenvalue weighted by Gasteiger charge is 2.06. The van der Waals surface area contributed by atoms with Crippen molar-refractivity contribution >= 4 is 34.4 Å². The number of aromatic nitrogens is 2. The predicted octanol–water partition coefficient (Wildman–Crippen LogP) is 4.56. The van der Waals surface area contributed by atoms with Crippen LogP contribution in [0.15, 0.2) is 53.7 Å². The molecule has 1 amide bonds. The number of phenols is 1. The third-order valence-corrected chi connectivity index (χ3v) is 4.79. The van der Waals surface area contributed by atoms with Crippen molar-refractivity contribution in [3.05, 3.63) is 48.5 Å². The SMILES string of the molecule is O=C(CCCCCSc1nc2ccccc2[nH]1)Nc1ccccc1O. The smallest absolute Gasteiger partial charge is 0.224 e. The number of carbonyl (C=O) groups excluding carboxylic acids is 1. The average molecular weight is 355 g/mol. The van der Waals surface area contributed by atoms with Crippen LogP contribution in [0.5, 0.6) is 5.75 Å². The summed E-state index contributed by atoms with van der Waals surface area (Å²) in [7, 11) is 0. The molecule has 3 rings (SSSR count). The maximum atomic E-state index is 11.9. The Bertz CT molecular complexity index is 814. The largest absolute Gasteiger partial charge is 0.506 e. The van der Waals surface area contributed by atoms with E-state index in [1.165, 1.54) is 0 Å². The van der Waals surface area contributed by atoms with Crippen molar-refractivity contribution in [2.24, 2.45) is 0 Å². The molecule has 2 aromatic carbocycles. The summed E-state index contributed by atoms with van der Waals surface area (Å²) < 4.78 is 0. The van der Waals surface area contributed by atoms with E-state index in [1.807, 2.05) is 24.3 Å². The normalized spacial score (nSPS) is 10.9. The zero-order chi connectivity index (χ0) is 17.5. The zero-order valence-corrected chi connectivity index (χ0v) is 14.7. The second-order valence-electron chi connectivity index (χ2n) is 5.78. The number of H-pyrrole nitrogens is 1. The molecular weight excluding hydrogens is 334 g/mol. The Morgan fingerprint density at radius 1 is 1.08 bits per heavy atom. The molecule has 0 saturated heterocycles. The quantitative estimate of drug-likeness (QED) is 0.314. The van der Waals surface area contributed by atoms with Crippen LogP contribution < -0.4 is 5.32 Å². The Hall–Kier alpha value is -2.47. The van der Waals surface area contributed by atoms with Gasteiger partial charge in [-0.1, -0.05) is 42.4 Å². The summed E-state index contributed by atoms with van der Waals surface area (Å²) in [6, 6.07) is 14.8. The van der Waals surface area contributed by atoms with E-state index < -0.39 is 0 Å². The van der Waals surface area contributed by atoms with Gasteiger partial charge < -0.3 is 15.4 Å². The molecule has 3 N–H and O–H groups in total. The number of phenolic OH excluding ortho intramolecular Hbond substituents is 1. The number of nitrogens with one attached hydrogen (secondary N) is 2. The second-order valence-corrected chi connectivity index (χ2v) is 6.87. The number of para-hydroxylation sites is 4. The third kappa shape index (κ3) is 5.00. The topological polar surface area (TPSA) is 78.0 Å². The van der Waals surface area contributed by atoms with Gasteiger partial charge >= 0.3 is 0 Å². The number of imidazole rings is 1. The monoisotopic (exact) mass is 355 g/mol. The van der Waals surface area contributed by atoms with E-state index in [0.717, 1.165) is 41.2 Å². The van der Waals surface area contributed by atoms with Crippen LogP contribution in [-0.4, -0.2) is 26.7 Å². The van der Waals surface area contributed by atoms with Crippen LogP contribution in [0.25, 0.3) is 11.0 Å². The van der Waals surface area contributed by atoms with Gasteiger partial charge in [0.2, 0.25) is 5.91 Å². The number of thioether (sulfide) groups is 1. The minimum atomic E-state index is -0.0635. The summed E-state index contributed by atoms with van der Waals surface area (Å²) >= 11 is 1.71. The van der Waals surface area contributed by atoms with E-state index in [9.17, 15) is 9.90 Å². The van der Waals surface area contributed by atoms with Gasteiger partial charge in [0, 0.05) is 12.2 Å². The number of anilines is 1. The fourth-order valence-electron chi connectivity index (χ4n) is 2.52. The molecule has 1 heterocycles. The van der Waals surface area contributed by atoms with Gasteiger partial charge in [0.15, 0.2) is 5.16 Å². The summed E-state index contributed by atoms with van der Waals surface area (Å²) in [4.78, 5) is 19.7. The number of rotatable bonds is 8. The van der Waals surface area contributed by atoms with Crippen LogP contribution >= 0.6 is 11.8 Å². The molecule has 0 saturated carbocycles. The van der Waals surface area contributed by atoms with Crippen LogP contribution in [0.2, 0.25) is 0 Å². The van der Waals surface area contributed by atoms with Crippen LogP contribution in [0, 0.1) is 0 Å². The van der Waals surface area contributed by atoms with E-state index in [-0.39, 0.29) is 11.7 Å². The van der Waals surface area contributed by atoms with Crippen molar-refractivity contribution in [1.82, 2.24) is 9.97 Å². The predicted molar refractivity (Wildman–Crippen MR) is 102 cm³/mol. The Kier molecular flexibility index (Phi) is 5.95. The Morgan fingerprint density at radius 3 is 2.72 bits per heavy atom. The van der Waals surface area contributed by atoms with Crippen molar-refractivity contribution < 1.29 is 9.90 Å². The number of amides is 1. The molecule has 0 bridgehead atoms. The molecule has 6 heteroatoms. The van der Waals surface area contributed by atoms with E-state index in [0.29, 0.717) is 12.1 Å². The molecular formula is C19H21N3O2S. The molecule has 3 aromatic rings. The third-order valence-electron chi connectivity index (χ3n) is 3.83. The molecule has 0 radical (unpaired) electrons. The number of nitrogens with zero attached hydrogens (tertiary/aromatic N) is 1. The van der Waals surface area contributed by atoms with Crippen LogP contribution in [-0.2, 0) is 4.79 Å². The summed E-state index contributed by atoms with van der Waals surface area (Å²) in [6.45, 7) is 0. The lowest BCUT2D eigenvalue weighted by Gasteiger charge is -2.06. The average Bonchev–Trinajstić information content (AvgIpc) is 3.03. The molecule has 130 valence electrons. The van der Waals surface area contributed by atoms with E-state index >= 15 is 0 Å². The number of fused-ring (bicyclic) bond motifs is 1. The van der Waals surface area contributed by atoms with Crippen molar-refractivity contribution in [1.29, 1.82) is 0 Å². The molecule has 0 aliphatic heterocycles. The first-order valence-corrected chi connectivity index (χ1v) is 9.36. The molecule has 0 aliphatic rings. The number of hydrogen-bond donors (Lipinski definition) is 3. The maximum Gasteiger partial charge on any atom is 0.224 e. The zero-order valence-electron chi connectivity index (χ0n) is 13.9. The van der Waals surface area contributed by atoms with E-state index in [4.69, 9.17) is 0 Å². The summed E-state index contributed by atoms with van der Waals surface area (Å²) in [6.07, 6.45) is 3.32. The standard InChI is InChI=1S/C19H21N3O2S/c23-17-11-6-5-10-16(17)20-18(24)12-2-1-7-13-25-19-21-14-8-3-4-9-15(14)22-19/h3-6,8-11,23H,1-2,7,12-13H2,(H,20,24)(H,21,22). The lowest BCUT2D eigenvalue weighted by Crippen LogP contribution is -2.11. The van der Waals surface area contributed by atoms with Crippen molar-refractivity contribution in [2.45, 2.75) is 30.8 Å². The highest BCUT2D eigenvalue weighted by Crippen LogP contribution is 2.22. The van der Waals surface area contributed by atoms with Crippen LogP contribution in [0.1, 0.15) is 25.7 Å². The van der Waals surface area contributed by atoms with Crippen molar-refractivity contribution in [3.8, 4) is 5.75 Å². The lowest BCUT2D eigenvalue weighted by molar-refractivity contribution is -0.116. The fourth-order valence-corrected chi connectivity index (χ4v) is 3.41. The van der Waals surface area contributed by atoms with Crippen molar-refractivity contribution in [3.63, 3.8) is 0 Å². The molecule has 5 nitrogen and oxygen atoms in total. The number of hydrogen-bond acceptors (Lipinski definition) is 4. The summed E-state index contributed by atoms with van der Waals surface area (Å²) in [5.74, 6) is 1.01. The number of benzene rings is 2. The molecule has 1 aromatic heterocycles. The van der Waals surface area contributed by atoms with Crippen LogP contribution in [0.3, 0.4) is 0 Å². The Balaban J connectivity index is 1.32. The van der Waals surface area contributed by atoms with Gasteiger partial charge in [-0.25, -0.2) is 4.98 Å². The molecule has 0 unspecified atom stereocenters. The Labute approximate surface area is 150 Å². The molecule has 0 atom stereocenters. The van der Waals surface area contributed by atoms with Gasteiger partial charge in [-0.05, 0) is 37.1 Å². The molecule has 25 heavy (non-hydrogen) atoms. The highest BCUT2D eigenvalue weighted by molar-refractivity contribution is 7.99. The number of aromatic hydroxyl groups is 1.